The Morgan fingerprint density at radius 2 is 1.64 bits per heavy atom. The number of halogens is 2. The molecule has 0 amide bonds. The van der Waals surface area contributed by atoms with Crippen molar-refractivity contribution in [2.45, 2.75) is 17.9 Å². The summed E-state index contributed by atoms with van der Waals surface area (Å²) in [5, 5.41) is 0. The molecule has 4 nitrogen and oxygen atoms in total. The summed E-state index contributed by atoms with van der Waals surface area (Å²) < 4.78 is 61.8. The monoisotopic (exact) mass is 401 g/mol. The lowest BCUT2D eigenvalue weighted by atomic mass is 10.2. The third kappa shape index (κ3) is 3.33. The van der Waals surface area contributed by atoms with Crippen molar-refractivity contribution >= 4 is 15.7 Å². The lowest BCUT2D eigenvalue weighted by Gasteiger charge is -2.25. The third-order valence-corrected chi connectivity index (χ3v) is 6.40. The molecule has 28 heavy (non-hydrogen) atoms. The Kier molecular flexibility index (Phi) is 4.77. The standard InChI is InChI=1S/C21H17F2NO3S/c22-18-6-2-1-5-16(18)14-24(20-8-4-3-7-19(20)23)28(25,26)17-9-10-21-15(13-17)11-12-27-21/h1-10,13H,11-12,14H2. The first-order chi connectivity index (χ1) is 13.5. The summed E-state index contributed by atoms with van der Waals surface area (Å²) in [5.74, 6) is -0.612. The zero-order chi connectivity index (χ0) is 19.7. The molecular formula is C21H17F2NO3S. The van der Waals surface area contributed by atoms with Crippen molar-refractivity contribution in [2.75, 3.05) is 10.9 Å². The Bertz CT molecular complexity index is 1130. The molecule has 0 aromatic heterocycles. The van der Waals surface area contributed by atoms with Gasteiger partial charge in [0.05, 0.1) is 23.7 Å². The molecule has 144 valence electrons. The quantitative estimate of drug-likeness (QED) is 0.641. The Balaban J connectivity index is 1.82. The van der Waals surface area contributed by atoms with Crippen molar-refractivity contribution in [3.63, 3.8) is 0 Å². The zero-order valence-corrected chi connectivity index (χ0v) is 15.6. The molecule has 0 unspecified atom stereocenters. The molecule has 0 saturated heterocycles. The van der Waals surface area contributed by atoms with E-state index in [-0.39, 0.29) is 22.7 Å². The van der Waals surface area contributed by atoms with Gasteiger partial charge in [0.15, 0.2) is 0 Å². The third-order valence-electron chi connectivity index (χ3n) is 4.64. The van der Waals surface area contributed by atoms with E-state index in [9.17, 15) is 17.2 Å². The number of sulfonamides is 1. The minimum atomic E-state index is -4.14. The number of anilines is 1. The van der Waals surface area contributed by atoms with Crippen molar-refractivity contribution in [3.05, 3.63) is 89.5 Å². The molecule has 0 bridgehead atoms. The van der Waals surface area contributed by atoms with Gasteiger partial charge < -0.3 is 4.74 Å². The van der Waals surface area contributed by atoms with Gasteiger partial charge in [-0.1, -0.05) is 30.3 Å². The van der Waals surface area contributed by atoms with Gasteiger partial charge in [0, 0.05) is 12.0 Å². The molecular weight excluding hydrogens is 384 g/mol. The molecule has 0 aliphatic carbocycles. The number of ether oxygens (including phenoxy) is 1. The maximum absolute atomic E-state index is 14.5. The Labute approximate surface area is 162 Å². The van der Waals surface area contributed by atoms with Crippen molar-refractivity contribution in [2.24, 2.45) is 0 Å². The fraction of sp³-hybridized carbons (Fsp3) is 0.143. The van der Waals surface area contributed by atoms with Gasteiger partial charge in [0.2, 0.25) is 0 Å². The van der Waals surface area contributed by atoms with Crippen LogP contribution < -0.4 is 9.04 Å². The van der Waals surface area contributed by atoms with E-state index >= 15 is 0 Å². The lowest BCUT2D eigenvalue weighted by Crippen LogP contribution is -2.31. The first-order valence-electron chi connectivity index (χ1n) is 8.73. The van der Waals surface area contributed by atoms with E-state index in [0.29, 0.717) is 18.8 Å². The second-order valence-electron chi connectivity index (χ2n) is 6.42. The van der Waals surface area contributed by atoms with E-state index in [0.717, 1.165) is 9.87 Å². The van der Waals surface area contributed by atoms with Crippen LogP contribution in [0.3, 0.4) is 0 Å². The topological polar surface area (TPSA) is 46.6 Å². The second-order valence-corrected chi connectivity index (χ2v) is 8.28. The zero-order valence-electron chi connectivity index (χ0n) is 14.8. The normalized spacial score (nSPS) is 13.1. The number of hydrogen-bond acceptors (Lipinski definition) is 3. The van der Waals surface area contributed by atoms with E-state index in [1.807, 2.05) is 0 Å². The molecule has 0 spiro atoms. The number of rotatable bonds is 5. The van der Waals surface area contributed by atoms with Crippen LogP contribution in [0.4, 0.5) is 14.5 Å². The van der Waals surface area contributed by atoms with Gasteiger partial charge >= 0.3 is 0 Å². The molecule has 0 fully saturated rings. The van der Waals surface area contributed by atoms with Gasteiger partial charge in [-0.3, -0.25) is 4.31 Å². The van der Waals surface area contributed by atoms with E-state index in [4.69, 9.17) is 4.74 Å². The first-order valence-corrected chi connectivity index (χ1v) is 10.2. The van der Waals surface area contributed by atoms with Crippen LogP contribution in [0.1, 0.15) is 11.1 Å². The Hall–Kier alpha value is -2.93. The molecule has 0 radical (unpaired) electrons. The molecule has 3 aromatic rings. The summed E-state index contributed by atoms with van der Waals surface area (Å²) >= 11 is 0. The summed E-state index contributed by atoms with van der Waals surface area (Å²) in [4.78, 5) is 0.0105. The van der Waals surface area contributed by atoms with E-state index in [2.05, 4.69) is 0 Å². The summed E-state index contributed by atoms with van der Waals surface area (Å²) in [6, 6.07) is 16.0. The van der Waals surface area contributed by atoms with Crippen molar-refractivity contribution < 1.29 is 21.9 Å². The van der Waals surface area contributed by atoms with Crippen LogP contribution in [-0.4, -0.2) is 15.0 Å². The molecule has 4 rings (SSSR count). The summed E-state index contributed by atoms with van der Waals surface area (Å²) in [6.07, 6.45) is 0.603. The van der Waals surface area contributed by atoms with Crippen molar-refractivity contribution in [1.29, 1.82) is 0 Å². The van der Waals surface area contributed by atoms with Crippen molar-refractivity contribution in [1.82, 2.24) is 0 Å². The largest absolute Gasteiger partial charge is 0.493 e. The molecule has 3 aromatic carbocycles. The minimum absolute atomic E-state index is 0.0105. The molecule has 1 aliphatic heterocycles. The number of para-hydroxylation sites is 1. The highest BCUT2D eigenvalue weighted by Crippen LogP contribution is 2.32. The van der Waals surface area contributed by atoms with E-state index in [1.54, 1.807) is 18.2 Å². The highest BCUT2D eigenvalue weighted by Gasteiger charge is 2.29. The molecule has 0 atom stereocenters. The minimum Gasteiger partial charge on any atom is -0.493 e. The molecule has 1 heterocycles. The molecule has 1 aliphatic rings. The van der Waals surface area contributed by atoms with Gasteiger partial charge in [-0.05, 0) is 42.0 Å². The number of nitrogens with zero attached hydrogens (tertiary/aromatic N) is 1. The summed E-state index contributed by atoms with van der Waals surface area (Å²) in [6.45, 7) is 0.161. The van der Waals surface area contributed by atoms with Crippen LogP contribution in [0.15, 0.2) is 71.6 Å². The van der Waals surface area contributed by atoms with Gasteiger partial charge in [0.1, 0.15) is 17.4 Å². The highest BCUT2D eigenvalue weighted by molar-refractivity contribution is 7.92. The van der Waals surface area contributed by atoms with Crippen LogP contribution in [0.2, 0.25) is 0 Å². The van der Waals surface area contributed by atoms with Crippen LogP contribution in [-0.2, 0) is 23.0 Å². The van der Waals surface area contributed by atoms with Gasteiger partial charge in [-0.15, -0.1) is 0 Å². The van der Waals surface area contributed by atoms with E-state index in [1.165, 1.54) is 48.5 Å². The smallest absolute Gasteiger partial charge is 0.264 e. The number of hydrogen-bond donors (Lipinski definition) is 0. The SMILES string of the molecule is O=S(=O)(c1ccc2c(c1)CCO2)N(Cc1ccccc1F)c1ccccc1F. The van der Waals surface area contributed by atoms with Gasteiger partial charge in [-0.25, -0.2) is 17.2 Å². The Morgan fingerprint density at radius 3 is 2.39 bits per heavy atom. The van der Waals surface area contributed by atoms with Crippen LogP contribution in [0.25, 0.3) is 0 Å². The first kappa shape index (κ1) is 18.4. The average Bonchev–Trinajstić information content (AvgIpc) is 3.16. The van der Waals surface area contributed by atoms with Crippen LogP contribution in [0.5, 0.6) is 5.75 Å². The van der Waals surface area contributed by atoms with E-state index < -0.39 is 21.7 Å². The Morgan fingerprint density at radius 1 is 0.929 bits per heavy atom. The summed E-state index contributed by atoms with van der Waals surface area (Å²) in [5.41, 5.74) is 0.793. The predicted octanol–water partition coefficient (Wildman–Crippen LogP) is 4.30. The fourth-order valence-electron chi connectivity index (χ4n) is 3.19. The molecule has 0 N–H and O–H groups in total. The lowest BCUT2D eigenvalue weighted by molar-refractivity contribution is 0.356. The van der Waals surface area contributed by atoms with Gasteiger partial charge in [-0.2, -0.15) is 0 Å². The molecule has 0 saturated carbocycles. The van der Waals surface area contributed by atoms with Crippen LogP contribution in [0, 0.1) is 11.6 Å². The predicted molar refractivity (Wildman–Crippen MR) is 102 cm³/mol. The van der Waals surface area contributed by atoms with Gasteiger partial charge in [0.25, 0.3) is 10.0 Å². The second kappa shape index (κ2) is 7.24. The maximum Gasteiger partial charge on any atom is 0.264 e. The summed E-state index contributed by atoms with van der Waals surface area (Å²) in [7, 11) is -4.14. The maximum atomic E-state index is 14.5. The van der Waals surface area contributed by atoms with Crippen LogP contribution >= 0.6 is 0 Å². The fourth-order valence-corrected chi connectivity index (χ4v) is 4.69. The number of fused-ring (bicyclic) bond motifs is 1. The molecule has 7 heteroatoms. The average molecular weight is 401 g/mol. The highest BCUT2D eigenvalue weighted by atomic mass is 32.2. The number of benzene rings is 3. The van der Waals surface area contributed by atoms with Crippen molar-refractivity contribution in [3.8, 4) is 5.75 Å².